The van der Waals surface area contributed by atoms with E-state index in [1.165, 1.54) is 11.8 Å². The van der Waals surface area contributed by atoms with Crippen molar-refractivity contribution in [2.45, 2.75) is 22.8 Å². The SMILES string of the molecule is COc1ccc(-c2cc3nccn3c(Sc3cccc(CC(O)O)c3)n2)cc1OC. The zero-order valence-corrected chi connectivity index (χ0v) is 17.3. The fraction of sp³-hybridized carbons (Fsp3) is 0.182. The lowest BCUT2D eigenvalue weighted by Gasteiger charge is -2.12. The van der Waals surface area contributed by atoms with E-state index in [1.54, 1.807) is 20.4 Å². The number of ether oxygens (including phenoxy) is 2. The van der Waals surface area contributed by atoms with Crippen molar-refractivity contribution in [1.82, 2.24) is 14.4 Å². The summed E-state index contributed by atoms with van der Waals surface area (Å²) in [6.07, 6.45) is 2.40. The lowest BCUT2D eigenvalue weighted by Crippen LogP contribution is -2.07. The lowest BCUT2D eigenvalue weighted by molar-refractivity contribution is -0.0381. The van der Waals surface area contributed by atoms with Crippen LogP contribution in [-0.2, 0) is 6.42 Å². The minimum atomic E-state index is -1.38. The molecule has 0 radical (unpaired) electrons. The Bertz CT molecular complexity index is 1180. The average molecular weight is 423 g/mol. The number of hydrogen-bond donors (Lipinski definition) is 2. The first-order valence-corrected chi connectivity index (χ1v) is 10.1. The Balaban J connectivity index is 1.74. The molecule has 0 fully saturated rings. The van der Waals surface area contributed by atoms with Gasteiger partial charge < -0.3 is 19.7 Å². The van der Waals surface area contributed by atoms with Gasteiger partial charge in [-0.05, 0) is 35.9 Å². The first-order chi connectivity index (χ1) is 14.6. The number of aliphatic hydroxyl groups excluding tert-OH is 1. The van der Waals surface area contributed by atoms with Gasteiger partial charge in [-0.2, -0.15) is 0 Å². The van der Waals surface area contributed by atoms with Gasteiger partial charge >= 0.3 is 0 Å². The van der Waals surface area contributed by atoms with Crippen LogP contribution in [0.2, 0.25) is 0 Å². The van der Waals surface area contributed by atoms with Gasteiger partial charge in [0.1, 0.15) is 5.65 Å². The van der Waals surface area contributed by atoms with Crippen molar-refractivity contribution in [3.8, 4) is 22.8 Å². The Morgan fingerprint density at radius 2 is 1.87 bits per heavy atom. The standard InChI is InChI=1S/C22H21N3O4S/c1-28-18-7-6-15(12-19(18)29-2)17-13-20-23-8-9-25(20)22(24-17)30-16-5-3-4-14(10-16)11-21(26)27/h3-10,12-13,21,26-27H,11H2,1-2H3. The first-order valence-electron chi connectivity index (χ1n) is 9.27. The number of aliphatic hydroxyl groups is 2. The Hall–Kier alpha value is -3.07. The molecule has 2 aromatic carbocycles. The maximum Gasteiger partial charge on any atom is 0.179 e. The van der Waals surface area contributed by atoms with E-state index in [9.17, 15) is 10.2 Å². The quantitative estimate of drug-likeness (QED) is 0.348. The molecule has 0 aliphatic rings. The predicted molar refractivity (Wildman–Crippen MR) is 114 cm³/mol. The monoisotopic (exact) mass is 423 g/mol. The molecular formula is C22H21N3O4S. The van der Waals surface area contributed by atoms with Crippen molar-refractivity contribution < 1.29 is 19.7 Å². The largest absolute Gasteiger partial charge is 0.493 e. The highest BCUT2D eigenvalue weighted by atomic mass is 32.2. The summed E-state index contributed by atoms with van der Waals surface area (Å²) in [7, 11) is 3.20. The molecule has 0 unspecified atom stereocenters. The Morgan fingerprint density at radius 3 is 2.63 bits per heavy atom. The highest BCUT2D eigenvalue weighted by molar-refractivity contribution is 7.99. The van der Waals surface area contributed by atoms with E-state index in [2.05, 4.69) is 4.98 Å². The van der Waals surface area contributed by atoms with Gasteiger partial charge in [-0.3, -0.25) is 4.40 Å². The summed E-state index contributed by atoms with van der Waals surface area (Å²) in [4.78, 5) is 10.2. The number of methoxy groups -OCH3 is 2. The molecule has 0 spiro atoms. The van der Waals surface area contributed by atoms with Crippen LogP contribution in [0.5, 0.6) is 11.5 Å². The molecule has 2 N–H and O–H groups in total. The average Bonchev–Trinajstić information content (AvgIpc) is 3.22. The zero-order chi connectivity index (χ0) is 21.1. The van der Waals surface area contributed by atoms with Crippen LogP contribution in [-0.4, -0.2) is 45.1 Å². The maximum atomic E-state index is 9.25. The summed E-state index contributed by atoms with van der Waals surface area (Å²) >= 11 is 1.48. The molecular weight excluding hydrogens is 402 g/mol. The molecule has 0 aliphatic carbocycles. The summed E-state index contributed by atoms with van der Waals surface area (Å²) in [5.41, 5.74) is 3.27. The second-order valence-corrected chi connectivity index (χ2v) is 7.62. The van der Waals surface area contributed by atoms with Gasteiger partial charge in [0, 0.05) is 35.3 Å². The van der Waals surface area contributed by atoms with E-state index in [0.29, 0.717) is 11.5 Å². The molecule has 0 bridgehead atoms. The number of hydrogen-bond acceptors (Lipinski definition) is 7. The van der Waals surface area contributed by atoms with Gasteiger partial charge in [0.25, 0.3) is 0 Å². The van der Waals surface area contributed by atoms with Crippen LogP contribution >= 0.6 is 11.8 Å². The third kappa shape index (κ3) is 4.25. The smallest absolute Gasteiger partial charge is 0.179 e. The topological polar surface area (TPSA) is 89.1 Å². The molecule has 0 aliphatic heterocycles. The van der Waals surface area contributed by atoms with Crippen molar-refractivity contribution in [2.24, 2.45) is 0 Å². The van der Waals surface area contributed by atoms with Crippen molar-refractivity contribution in [3.63, 3.8) is 0 Å². The summed E-state index contributed by atoms with van der Waals surface area (Å²) in [5, 5.41) is 19.2. The lowest BCUT2D eigenvalue weighted by atomic mass is 10.1. The van der Waals surface area contributed by atoms with Gasteiger partial charge in [-0.25, -0.2) is 9.97 Å². The second kappa shape index (κ2) is 8.74. The Labute approximate surface area is 178 Å². The molecule has 0 atom stereocenters. The minimum Gasteiger partial charge on any atom is -0.493 e. The number of aromatic nitrogens is 3. The van der Waals surface area contributed by atoms with E-state index in [0.717, 1.165) is 32.5 Å². The van der Waals surface area contributed by atoms with Crippen LogP contribution in [0, 0.1) is 0 Å². The minimum absolute atomic E-state index is 0.175. The summed E-state index contributed by atoms with van der Waals surface area (Å²) in [5.74, 6) is 1.28. The normalized spacial score (nSPS) is 11.2. The molecule has 0 saturated carbocycles. The third-order valence-corrected chi connectivity index (χ3v) is 5.52. The first kappa shape index (κ1) is 20.2. The molecule has 0 saturated heterocycles. The van der Waals surface area contributed by atoms with Gasteiger partial charge in [0.05, 0.1) is 19.9 Å². The molecule has 30 heavy (non-hydrogen) atoms. The molecule has 0 amide bonds. The molecule has 7 nitrogen and oxygen atoms in total. The van der Waals surface area contributed by atoms with Gasteiger partial charge in [-0.1, -0.05) is 23.9 Å². The molecule has 8 heteroatoms. The van der Waals surface area contributed by atoms with Crippen LogP contribution < -0.4 is 9.47 Å². The number of benzene rings is 2. The number of imidazole rings is 1. The number of nitrogens with zero attached hydrogens (tertiary/aromatic N) is 3. The highest BCUT2D eigenvalue weighted by Gasteiger charge is 2.13. The molecule has 4 rings (SSSR count). The van der Waals surface area contributed by atoms with E-state index in [1.807, 2.05) is 59.1 Å². The summed E-state index contributed by atoms with van der Waals surface area (Å²) < 4.78 is 12.7. The van der Waals surface area contributed by atoms with Gasteiger partial charge in [0.2, 0.25) is 0 Å². The summed E-state index contributed by atoms with van der Waals surface area (Å²) in [6, 6.07) is 15.2. The maximum absolute atomic E-state index is 9.25. The predicted octanol–water partition coefficient (Wildman–Crippen LogP) is 3.42. The van der Waals surface area contributed by atoms with Crippen LogP contribution in [0.3, 0.4) is 0 Å². The van der Waals surface area contributed by atoms with Gasteiger partial charge in [0.15, 0.2) is 22.9 Å². The second-order valence-electron chi connectivity index (χ2n) is 6.58. The Kier molecular flexibility index (Phi) is 5.89. The third-order valence-electron chi connectivity index (χ3n) is 4.56. The number of fused-ring (bicyclic) bond motifs is 1. The molecule has 2 aromatic heterocycles. The Morgan fingerprint density at radius 1 is 1.03 bits per heavy atom. The zero-order valence-electron chi connectivity index (χ0n) is 16.5. The van der Waals surface area contributed by atoms with Crippen molar-refractivity contribution in [3.05, 3.63) is 66.5 Å². The molecule has 4 aromatic rings. The van der Waals surface area contributed by atoms with Crippen molar-refractivity contribution in [1.29, 1.82) is 0 Å². The van der Waals surface area contributed by atoms with Gasteiger partial charge in [-0.15, -0.1) is 0 Å². The fourth-order valence-electron chi connectivity index (χ4n) is 3.16. The van der Waals surface area contributed by atoms with Crippen LogP contribution in [0.25, 0.3) is 16.9 Å². The van der Waals surface area contributed by atoms with Crippen LogP contribution in [0.1, 0.15) is 5.56 Å². The molecule has 2 heterocycles. The van der Waals surface area contributed by atoms with E-state index >= 15 is 0 Å². The molecule has 154 valence electrons. The van der Waals surface area contributed by atoms with Crippen LogP contribution in [0.4, 0.5) is 0 Å². The highest BCUT2D eigenvalue weighted by Crippen LogP contribution is 2.34. The summed E-state index contributed by atoms with van der Waals surface area (Å²) in [6.45, 7) is 0. The van der Waals surface area contributed by atoms with E-state index < -0.39 is 6.29 Å². The van der Waals surface area contributed by atoms with E-state index in [4.69, 9.17) is 14.5 Å². The number of rotatable bonds is 7. The van der Waals surface area contributed by atoms with Crippen molar-refractivity contribution in [2.75, 3.05) is 14.2 Å². The van der Waals surface area contributed by atoms with Crippen LogP contribution in [0.15, 0.2) is 71.0 Å². The van der Waals surface area contributed by atoms with E-state index in [-0.39, 0.29) is 6.42 Å². The van der Waals surface area contributed by atoms with Crippen molar-refractivity contribution >= 4 is 17.4 Å². The fourth-order valence-corrected chi connectivity index (χ4v) is 4.13.